The Bertz CT molecular complexity index is 350. The molecule has 4 heteroatoms. The number of nitrogens with zero attached hydrogens (tertiary/aromatic N) is 1. The number of nitrogens with two attached hydrogens (primary N) is 1. The number of urea groups is 1. The van der Waals surface area contributed by atoms with Gasteiger partial charge in [0, 0.05) is 7.05 Å². The molecule has 1 aromatic carbocycles. The maximum atomic E-state index is 11.0. The van der Waals surface area contributed by atoms with E-state index < -0.39 is 6.03 Å². The summed E-state index contributed by atoms with van der Waals surface area (Å²) in [4.78, 5) is 12.3. The van der Waals surface area contributed by atoms with E-state index in [4.69, 9.17) is 10.5 Å². The van der Waals surface area contributed by atoms with E-state index >= 15 is 0 Å². The summed E-state index contributed by atoms with van der Waals surface area (Å²) in [5.41, 5.74) is 6.90. The number of rotatable bonds is 2. The number of amides is 2. The van der Waals surface area contributed by atoms with Crippen molar-refractivity contribution in [3.05, 3.63) is 23.8 Å². The molecule has 0 bridgehead atoms. The first-order chi connectivity index (χ1) is 6.56. The van der Waals surface area contributed by atoms with Gasteiger partial charge >= 0.3 is 6.03 Å². The van der Waals surface area contributed by atoms with Crippen molar-refractivity contribution >= 4 is 11.7 Å². The number of carbonyl (C=O) groups excluding carboxylic acids is 1. The summed E-state index contributed by atoms with van der Waals surface area (Å²) in [7, 11) is 3.17. The Balaban J connectivity index is 3.16. The van der Waals surface area contributed by atoms with E-state index in [2.05, 4.69) is 0 Å². The minimum absolute atomic E-state index is 0.506. The first-order valence-corrected chi connectivity index (χ1v) is 4.24. The number of primary amides is 1. The number of benzene rings is 1. The highest BCUT2D eigenvalue weighted by Crippen LogP contribution is 2.27. The van der Waals surface area contributed by atoms with E-state index in [0.717, 1.165) is 5.56 Å². The summed E-state index contributed by atoms with van der Waals surface area (Å²) < 4.78 is 5.12. The standard InChI is InChI=1S/C10H14N2O2/c1-7-4-5-9(14-3)8(6-7)12(2)10(11)13/h4-6H,1-3H3,(H2,11,13). The molecule has 0 heterocycles. The Morgan fingerprint density at radius 2 is 2.14 bits per heavy atom. The van der Waals surface area contributed by atoms with Gasteiger partial charge in [0.15, 0.2) is 0 Å². The molecule has 0 spiro atoms. The van der Waals surface area contributed by atoms with E-state index in [1.165, 1.54) is 4.90 Å². The second kappa shape index (κ2) is 4.00. The van der Waals surface area contributed by atoms with Crippen molar-refractivity contribution in [1.82, 2.24) is 0 Å². The average molecular weight is 194 g/mol. The van der Waals surface area contributed by atoms with Crippen molar-refractivity contribution in [1.29, 1.82) is 0 Å². The van der Waals surface area contributed by atoms with E-state index in [9.17, 15) is 4.79 Å². The third-order valence-corrected chi connectivity index (χ3v) is 2.03. The summed E-state index contributed by atoms with van der Waals surface area (Å²) in [6.45, 7) is 1.94. The van der Waals surface area contributed by atoms with Gasteiger partial charge in [-0.25, -0.2) is 4.79 Å². The number of hydrogen-bond acceptors (Lipinski definition) is 2. The van der Waals surface area contributed by atoms with Crippen LogP contribution in [0.25, 0.3) is 0 Å². The molecular formula is C10H14N2O2. The zero-order valence-corrected chi connectivity index (χ0v) is 8.57. The number of methoxy groups -OCH3 is 1. The van der Waals surface area contributed by atoms with Gasteiger partial charge in [0.25, 0.3) is 0 Å². The van der Waals surface area contributed by atoms with Crippen LogP contribution in [0.1, 0.15) is 5.56 Å². The molecule has 0 aliphatic carbocycles. The summed E-state index contributed by atoms with van der Waals surface area (Å²) >= 11 is 0. The fourth-order valence-electron chi connectivity index (χ4n) is 1.18. The predicted molar refractivity (Wildman–Crippen MR) is 55.7 cm³/mol. The maximum Gasteiger partial charge on any atom is 0.319 e. The Morgan fingerprint density at radius 3 is 2.64 bits per heavy atom. The summed E-state index contributed by atoms with van der Waals surface area (Å²) in [5.74, 6) is 0.636. The van der Waals surface area contributed by atoms with Gasteiger partial charge in [-0.05, 0) is 24.6 Å². The van der Waals surface area contributed by atoms with Gasteiger partial charge in [-0.3, -0.25) is 4.90 Å². The fourth-order valence-corrected chi connectivity index (χ4v) is 1.18. The summed E-state index contributed by atoms with van der Waals surface area (Å²) in [6, 6.07) is 5.07. The molecule has 0 aliphatic rings. The van der Waals surface area contributed by atoms with Crippen LogP contribution in [0.4, 0.5) is 10.5 Å². The molecule has 4 nitrogen and oxygen atoms in total. The molecular weight excluding hydrogens is 180 g/mol. The van der Waals surface area contributed by atoms with Gasteiger partial charge in [-0.15, -0.1) is 0 Å². The summed E-state index contributed by atoms with van der Waals surface area (Å²) in [5, 5.41) is 0. The van der Waals surface area contributed by atoms with E-state index in [0.29, 0.717) is 11.4 Å². The molecule has 0 aromatic heterocycles. The zero-order valence-electron chi connectivity index (χ0n) is 8.57. The van der Waals surface area contributed by atoms with E-state index in [1.54, 1.807) is 14.2 Å². The van der Waals surface area contributed by atoms with Gasteiger partial charge in [0.1, 0.15) is 5.75 Å². The Kier molecular flexibility index (Phi) is 2.96. The van der Waals surface area contributed by atoms with Crippen molar-refractivity contribution in [2.45, 2.75) is 6.92 Å². The molecule has 0 saturated carbocycles. The lowest BCUT2D eigenvalue weighted by Crippen LogP contribution is -2.32. The van der Waals surface area contributed by atoms with Crippen LogP contribution in [0.5, 0.6) is 5.75 Å². The topological polar surface area (TPSA) is 55.6 Å². The normalized spacial score (nSPS) is 9.64. The molecule has 1 rings (SSSR count). The van der Waals surface area contributed by atoms with Crippen molar-refractivity contribution in [3.8, 4) is 5.75 Å². The predicted octanol–water partition coefficient (Wildman–Crippen LogP) is 1.52. The second-order valence-corrected chi connectivity index (χ2v) is 3.07. The molecule has 0 unspecified atom stereocenters. The zero-order chi connectivity index (χ0) is 10.7. The van der Waals surface area contributed by atoms with E-state index in [1.807, 2.05) is 25.1 Å². The van der Waals surface area contributed by atoms with Crippen molar-refractivity contribution in [2.24, 2.45) is 5.73 Å². The number of hydrogen-bond donors (Lipinski definition) is 1. The highest BCUT2D eigenvalue weighted by atomic mass is 16.5. The molecule has 76 valence electrons. The van der Waals surface area contributed by atoms with Gasteiger partial charge in [0.2, 0.25) is 0 Å². The number of ether oxygens (including phenoxy) is 1. The highest BCUT2D eigenvalue weighted by Gasteiger charge is 2.11. The fraction of sp³-hybridized carbons (Fsp3) is 0.300. The smallest absolute Gasteiger partial charge is 0.319 e. The Labute approximate surface area is 83.3 Å². The number of carbonyl (C=O) groups is 1. The van der Waals surface area contributed by atoms with Crippen molar-refractivity contribution in [3.63, 3.8) is 0 Å². The maximum absolute atomic E-state index is 11.0. The third-order valence-electron chi connectivity index (χ3n) is 2.03. The third kappa shape index (κ3) is 1.96. The molecule has 0 radical (unpaired) electrons. The molecule has 0 aliphatic heterocycles. The first kappa shape index (κ1) is 10.4. The minimum Gasteiger partial charge on any atom is -0.495 e. The van der Waals surface area contributed by atoms with Crippen molar-refractivity contribution in [2.75, 3.05) is 19.1 Å². The highest BCUT2D eigenvalue weighted by molar-refractivity contribution is 5.91. The van der Waals surface area contributed by atoms with Crippen LogP contribution in [-0.2, 0) is 0 Å². The molecule has 1 aromatic rings. The lowest BCUT2D eigenvalue weighted by atomic mass is 10.2. The van der Waals surface area contributed by atoms with Gasteiger partial charge < -0.3 is 10.5 Å². The van der Waals surface area contributed by atoms with Gasteiger partial charge in [0.05, 0.1) is 12.8 Å². The van der Waals surface area contributed by atoms with E-state index in [-0.39, 0.29) is 0 Å². The lowest BCUT2D eigenvalue weighted by Gasteiger charge is -2.18. The lowest BCUT2D eigenvalue weighted by molar-refractivity contribution is 0.255. The molecule has 2 amide bonds. The monoisotopic (exact) mass is 194 g/mol. The molecule has 0 atom stereocenters. The van der Waals surface area contributed by atoms with Crippen LogP contribution >= 0.6 is 0 Å². The summed E-state index contributed by atoms with van der Waals surface area (Å²) in [6.07, 6.45) is 0. The molecule has 0 saturated heterocycles. The quantitative estimate of drug-likeness (QED) is 0.776. The Morgan fingerprint density at radius 1 is 1.50 bits per heavy atom. The molecule has 14 heavy (non-hydrogen) atoms. The van der Waals surface area contributed by atoms with Crippen LogP contribution in [-0.4, -0.2) is 20.2 Å². The van der Waals surface area contributed by atoms with Crippen LogP contribution in [0.15, 0.2) is 18.2 Å². The van der Waals surface area contributed by atoms with Crippen molar-refractivity contribution < 1.29 is 9.53 Å². The molecule has 2 N–H and O–H groups in total. The van der Waals surface area contributed by atoms with Gasteiger partial charge in [-0.1, -0.05) is 6.07 Å². The largest absolute Gasteiger partial charge is 0.495 e. The second-order valence-electron chi connectivity index (χ2n) is 3.07. The van der Waals surface area contributed by atoms with Crippen LogP contribution in [0.2, 0.25) is 0 Å². The Hall–Kier alpha value is -1.71. The molecule has 0 fully saturated rings. The SMILES string of the molecule is COc1ccc(C)cc1N(C)C(N)=O. The average Bonchev–Trinajstić information content (AvgIpc) is 2.16. The minimum atomic E-state index is -0.506. The number of aryl methyl sites for hydroxylation is 1. The van der Waals surface area contributed by atoms with Crippen LogP contribution in [0.3, 0.4) is 0 Å². The number of anilines is 1. The first-order valence-electron chi connectivity index (χ1n) is 4.24. The van der Waals surface area contributed by atoms with Crippen LogP contribution < -0.4 is 15.4 Å². The van der Waals surface area contributed by atoms with Gasteiger partial charge in [-0.2, -0.15) is 0 Å². The van der Waals surface area contributed by atoms with Crippen LogP contribution in [0, 0.1) is 6.92 Å².